The lowest BCUT2D eigenvalue weighted by Crippen LogP contribution is -2.46. The van der Waals surface area contributed by atoms with Crippen molar-refractivity contribution in [2.45, 2.75) is 31.8 Å². The van der Waals surface area contributed by atoms with Gasteiger partial charge in [-0.15, -0.1) is 0 Å². The number of rotatable bonds is 7. The van der Waals surface area contributed by atoms with E-state index in [1.54, 1.807) is 60.0 Å². The van der Waals surface area contributed by atoms with Gasteiger partial charge in [-0.3, -0.25) is 14.4 Å². The first-order chi connectivity index (χ1) is 16.5. The molecule has 0 atom stereocenters. The van der Waals surface area contributed by atoms with Crippen LogP contribution in [0.2, 0.25) is 0 Å². The van der Waals surface area contributed by atoms with Crippen LogP contribution in [0.1, 0.15) is 40.0 Å². The van der Waals surface area contributed by atoms with Crippen LogP contribution in [0.15, 0.2) is 67.3 Å². The molecular formula is C25H26FN5O3. The zero-order valence-corrected chi connectivity index (χ0v) is 18.6. The average Bonchev–Trinajstić information content (AvgIpc) is 3.37. The molecule has 0 bridgehead atoms. The van der Waals surface area contributed by atoms with Crippen LogP contribution in [-0.2, 0) is 11.3 Å². The van der Waals surface area contributed by atoms with Crippen LogP contribution in [-0.4, -0.2) is 51.3 Å². The third kappa shape index (κ3) is 5.86. The molecule has 0 radical (unpaired) electrons. The molecule has 4 rings (SSSR count). The van der Waals surface area contributed by atoms with Crippen LogP contribution in [0.25, 0.3) is 0 Å². The van der Waals surface area contributed by atoms with E-state index in [2.05, 4.69) is 15.6 Å². The maximum absolute atomic E-state index is 13.9. The number of carbonyl (C=O) groups is 3. The summed E-state index contributed by atoms with van der Waals surface area (Å²) in [6.45, 7) is 1.39. The predicted octanol–water partition coefficient (Wildman–Crippen LogP) is 3.09. The van der Waals surface area contributed by atoms with E-state index in [9.17, 15) is 18.8 Å². The van der Waals surface area contributed by atoms with Crippen LogP contribution in [0.5, 0.6) is 0 Å². The van der Waals surface area contributed by atoms with E-state index in [4.69, 9.17) is 0 Å². The monoisotopic (exact) mass is 463 g/mol. The summed E-state index contributed by atoms with van der Waals surface area (Å²) in [5, 5.41) is 5.81. The van der Waals surface area contributed by atoms with Gasteiger partial charge in [0.2, 0.25) is 5.91 Å². The van der Waals surface area contributed by atoms with Gasteiger partial charge in [0.15, 0.2) is 0 Å². The Morgan fingerprint density at radius 3 is 2.59 bits per heavy atom. The SMILES string of the molecule is O=C(CCn1ccnc1)Nc1cccc(C(=O)NC2CCN(C(=O)c3ccccc3F)CC2)c1. The normalized spacial score (nSPS) is 14.0. The predicted molar refractivity (Wildman–Crippen MR) is 125 cm³/mol. The third-order valence-corrected chi connectivity index (χ3v) is 5.79. The Morgan fingerprint density at radius 2 is 1.85 bits per heavy atom. The fraction of sp³-hybridized carbons (Fsp3) is 0.280. The number of hydrogen-bond donors (Lipinski definition) is 2. The molecule has 1 aromatic heterocycles. The molecule has 2 heterocycles. The van der Waals surface area contributed by atoms with Gasteiger partial charge < -0.3 is 20.1 Å². The van der Waals surface area contributed by atoms with Crippen molar-refractivity contribution in [3.05, 3.63) is 84.2 Å². The second-order valence-corrected chi connectivity index (χ2v) is 8.20. The van der Waals surface area contributed by atoms with Gasteiger partial charge in [-0.25, -0.2) is 9.37 Å². The second kappa shape index (κ2) is 10.7. The van der Waals surface area contributed by atoms with Crippen LogP contribution < -0.4 is 10.6 Å². The molecule has 8 nitrogen and oxygen atoms in total. The van der Waals surface area contributed by atoms with Gasteiger partial charge in [-0.05, 0) is 43.2 Å². The Balaban J connectivity index is 1.27. The van der Waals surface area contributed by atoms with Crippen molar-refractivity contribution in [3.63, 3.8) is 0 Å². The zero-order valence-electron chi connectivity index (χ0n) is 18.6. The van der Waals surface area contributed by atoms with E-state index in [-0.39, 0.29) is 35.7 Å². The summed E-state index contributed by atoms with van der Waals surface area (Å²) in [6, 6.07) is 12.6. The van der Waals surface area contributed by atoms with Crippen LogP contribution in [0.3, 0.4) is 0 Å². The molecular weight excluding hydrogens is 437 g/mol. The number of halogens is 1. The number of nitrogens with one attached hydrogen (secondary N) is 2. The van der Waals surface area contributed by atoms with Gasteiger partial charge in [0.25, 0.3) is 11.8 Å². The molecule has 0 aliphatic carbocycles. The molecule has 2 N–H and O–H groups in total. The highest BCUT2D eigenvalue weighted by molar-refractivity contribution is 5.97. The fourth-order valence-electron chi connectivity index (χ4n) is 3.91. The second-order valence-electron chi connectivity index (χ2n) is 8.20. The first kappa shape index (κ1) is 23.2. The molecule has 1 aliphatic rings. The number of imidazole rings is 1. The number of likely N-dealkylation sites (tertiary alicyclic amines) is 1. The number of nitrogens with zero attached hydrogens (tertiary/aromatic N) is 3. The zero-order chi connectivity index (χ0) is 23.9. The smallest absolute Gasteiger partial charge is 0.256 e. The molecule has 3 amide bonds. The van der Waals surface area contributed by atoms with Gasteiger partial charge in [-0.2, -0.15) is 0 Å². The molecule has 1 fully saturated rings. The van der Waals surface area contributed by atoms with Crippen LogP contribution in [0, 0.1) is 5.82 Å². The largest absolute Gasteiger partial charge is 0.349 e. The van der Waals surface area contributed by atoms with Gasteiger partial charge in [0.1, 0.15) is 5.82 Å². The number of carbonyl (C=O) groups excluding carboxylic acids is 3. The van der Waals surface area contributed by atoms with E-state index in [0.717, 1.165) is 0 Å². The highest BCUT2D eigenvalue weighted by Crippen LogP contribution is 2.17. The van der Waals surface area contributed by atoms with Crippen molar-refractivity contribution in [3.8, 4) is 0 Å². The number of amides is 3. The minimum absolute atomic E-state index is 0.0638. The summed E-state index contributed by atoms with van der Waals surface area (Å²) >= 11 is 0. The molecule has 1 aliphatic heterocycles. The highest BCUT2D eigenvalue weighted by Gasteiger charge is 2.26. The molecule has 0 saturated carbocycles. The number of anilines is 1. The van der Waals surface area contributed by atoms with Crippen molar-refractivity contribution in [2.24, 2.45) is 0 Å². The molecule has 9 heteroatoms. The number of hydrogen-bond acceptors (Lipinski definition) is 4. The lowest BCUT2D eigenvalue weighted by Gasteiger charge is -2.32. The summed E-state index contributed by atoms with van der Waals surface area (Å²) in [7, 11) is 0. The van der Waals surface area contributed by atoms with Crippen molar-refractivity contribution < 1.29 is 18.8 Å². The summed E-state index contributed by atoms with van der Waals surface area (Å²) in [4.78, 5) is 43.1. The minimum atomic E-state index is -0.531. The van der Waals surface area contributed by atoms with E-state index in [1.807, 2.05) is 4.57 Å². The topological polar surface area (TPSA) is 96.3 Å². The van der Waals surface area contributed by atoms with Crippen molar-refractivity contribution >= 4 is 23.4 Å². The summed E-state index contributed by atoms with van der Waals surface area (Å²) in [6.07, 6.45) is 6.55. The summed E-state index contributed by atoms with van der Waals surface area (Å²) in [5.41, 5.74) is 1.06. The summed E-state index contributed by atoms with van der Waals surface area (Å²) < 4.78 is 15.7. The first-order valence-electron chi connectivity index (χ1n) is 11.2. The Kier molecular flexibility index (Phi) is 7.31. The molecule has 0 unspecified atom stereocenters. The molecule has 0 spiro atoms. The minimum Gasteiger partial charge on any atom is -0.349 e. The Hall–Kier alpha value is -4.01. The van der Waals surface area contributed by atoms with Gasteiger partial charge in [-0.1, -0.05) is 18.2 Å². The molecule has 2 aromatic carbocycles. The van der Waals surface area contributed by atoms with Gasteiger partial charge in [0, 0.05) is 55.7 Å². The standard InChI is InChI=1S/C25H26FN5O3/c26-22-7-2-1-6-21(22)25(34)31-13-8-19(9-14-31)29-24(33)18-4-3-5-20(16-18)28-23(32)10-12-30-15-11-27-17-30/h1-7,11,15-17,19H,8-10,12-14H2,(H,28,32)(H,29,33). The lowest BCUT2D eigenvalue weighted by atomic mass is 10.0. The summed E-state index contributed by atoms with van der Waals surface area (Å²) in [5.74, 6) is -1.26. The lowest BCUT2D eigenvalue weighted by molar-refractivity contribution is -0.116. The number of piperidine rings is 1. The van der Waals surface area contributed by atoms with Crippen molar-refractivity contribution in [1.82, 2.24) is 19.8 Å². The number of aryl methyl sites for hydroxylation is 1. The average molecular weight is 464 g/mol. The van der Waals surface area contributed by atoms with Crippen LogP contribution >= 0.6 is 0 Å². The van der Waals surface area contributed by atoms with Gasteiger partial charge >= 0.3 is 0 Å². The maximum atomic E-state index is 13.9. The van der Waals surface area contributed by atoms with Crippen LogP contribution in [0.4, 0.5) is 10.1 Å². The highest BCUT2D eigenvalue weighted by atomic mass is 19.1. The number of benzene rings is 2. The third-order valence-electron chi connectivity index (χ3n) is 5.79. The maximum Gasteiger partial charge on any atom is 0.256 e. The quantitative estimate of drug-likeness (QED) is 0.563. The molecule has 1 saturated heterocycles. The Bertz CT molecular complexity index is 1160. The van der Waals surface area contributed by atoms with E-state index < -0.39 is 5.82 Å². The molecule has 176 valence electrons. The molecule has 3 aromatic rings. The van der Waals surface area contributed by atoms with E-state index >= 15 is 0 Å². The molecule has 34 heavy (non-hydrogen) atoms. The van der Waals surface area contributed by atoms with E-state index in [1.165, 1.54) is 12.1 Å². The van der Waals surface area contributed by atoms with Crippen molar-refractivity contribution in [2.75, 3.05) is 18.4 Å². The first-order valence-corrected chi connectivity index (χ1v) is 11.2. The van der Waals surface area contributed by atoms with Crippen molar-refractivity contribution in [1.29, 1.82) is 0 Å². The van der Waals surface area contributed by atoms with E-state index in [0.29, 0.717) is 43.7 Å². The number of aromatic nitrogens is 2. The Morgan fingerprint density at radius 1 is 1.06 bits per heavy atom. The Labute approximate surface area is 196 Å². The van der Waals surface area contributed by atoms with Gasteiger partial charge in [0.05, 0.1) is 11.9 Å². The fourth-order valence-corrected chi connectivity index (χ4v) is 3.91.